The smallest absolute Gasteiger partial charge is 0.283 e. The Labute approximate surface area is 197 Å². The molecule has 1 N–H and O–H groups in total. The summed E-state index contributed by atoms with van der Waals surface area (Å²) in [5.74, 6) is -1.12. The molecule has 176 valence electrons. The summed E-state index contributed by atoms with van der Waals surface area (Å²) >= 11 is 1.29. The van der Waals surface area contributed by atoms with Crippen LogP contribution in [0.3, 0.4) is 0 Å². The molecule has 5 nitrogen and oxygen atoms in total. The van der Waals surface area contributed by atoms with Crippen LogP contribution in [0.2, 0.25) is 0 Å². The predicted octanol–water partition coefficient (Wildman–Crippen LogP) is 4.58. The van der Waals surface area contributed by atoms with Crippen molar-refractivity contribution in [3.05, 3.63) is 47.3 Å². The minimum absolute atomic E-state index is 0.0747. The third kappa shape index (κ3) is 4.05. The van der Waals surface area contributed by atoms with Crippen LogP contribution in [0, 0.1) is 25.2 Å². The quantitative estimate of drug-likeness (QED) is 0.598. The molecule has 0 unspecified atom stereocenters. The van der Waals surface area contributed by atoms with E-state index in [2.05, 4.69) is 14.7 Å². The molecule has 4 fully saturated rings. The summed E-state index contributed by atoms with van der Waals surface area (Å²) < 4.78 is 33.3. The Morgan fingerprint density at radius 1 is 1.18 bits per heavy atom. The number of aromatic nitrogens is 2. The third-order valence-corrected chi connectivity index (χ3v) is 8.05. The number of likely N-dealkylation sites (tertiary alicyclic amines) is 1. The van der Waals surface area contributed by atoms with Crippen LogP contribution in [-0.2, 0) is 11.2 Å². The zero-order chi connectivity index (χ0) is 23.4. The van der Waals surface area contributed by atoms with Crippen LogP contribution >= 0.6 is 11.9 Å². The number of hydrogen-bond acceptors (Lipinski definition) is 5. The maximum Gasteiger partial charge on any atom is 0.283 e. The van der Waals surface area contributed by atoms with Gasteiger partial charge in [0.15, 0.2) is 5.82 Å². The lowest BCUT2D eigenvalue weighted by Gasteiger charge is -2.61. The Balaban J connectivity index is 1.44. The minimum Gasteiger partial charge on any atom is -0.331 e. The van der Waals surface area contributed by atoms with E-state index in [-0.39, 0.29) is 11.3 Å². The van der Waals surface area contributed by atoms with Crippen LogP contribution in [0.4, 0.5) is 8.78 Å². The van der Waals surface area contributed by atoms with Crippen molar-refractivity contribution >= 4 is 17.9 Å². The van der Waals surface area contributed by atoms with Crippen LogP contribution in [0.5, 0.6) is 0 Å². The molecule has 3 saturated carbocycles. The number of rotatable bonds is 7. The van der Waals surface area contributed by atoms with Crippen LogP contribution < -0.4 is 4.72 Å². The highest BCUT2D eigenvalue weighted by molar-refractivity contribution is 7.97. The van der Waals surface area contributed by atoms with E-state index in [9.17, 15) is 4.79 Å². The number of aryl methyl sites for hydroxylation is 2. The number of carbonyl (C=O) groups excluding carboxylic acids is 1. The first-order valence-corrected chi connectivity index (χ1v) is 12.7. The zero-order valence-electron chi connectivity index (χ0n) is 19.3. The van der Waals surface area contributed by atoms with Crippen molar-refractivity contribution < 1.29 is 13.6 Å². The Hall–Kier alpha value is -2.06. The minimum atomic E-state index is -2.97. The van der Waals surface area contributed by atoms with Crippen LogP contribution in [0.25, 0.3) is 11.4 Å². The van der Waals surface area contributed by atoms with Gasteiger partial charge >= 0.3 is 0 Å². The fraction of sp³-hybridized carbons (Fsp3) is 0.560. The van der Waals surface area contributed by atoms with Crippen LogP contribution in [0.1, 0.15) is 43.1 Å². The summed E-state index contributed by atoms with van der Waals surface area (Å²) in [6.07, 6.45) is 2.95. The fourth-order valence-electron chi connectivity index (χ4n) is 5.67. The van der Waals surface area contributed by atoms with Gasteiger partial charge in [0.2, 0.25) is 5.91 Å². The van der Waals surface area contributed by atoms with Crippen LogP contribution in [0.15, 0.2) is 30.3 Å². The Morgan fingerprint density at radius 2 is 1.88 bits per heavy atom. The van der Waals surface area contributed by atoms with Crippen molar-refractivity contribution in [1.82, 2.24) is 19.6 Å². The average molecular weight is 473 g/mol. The molecule has 4 aliphatic rings. The standard InChI is InChI=1S/C25H30F2N4OS/c1-4-33-30-21-20(31(14-25(21,26)27)23(32)24-11-18(12-24)13-24)10-17-6-5-7-19(9-17)22-28-15(2)8-16(3)29-22/h5-9,18,20-21,30H,4,10-14H2,1-3H3/t18?,20-,21+,24?/m0/s1. The molecule has 2 bridgehead atoms. The number of carbonyl (C=O) groups is 1. The van der Waals surface area contributed by atoms with E-state index in [1.165, 1.54) is 16.8 Å². The van der Waals surface area contributed by atoms with E-state index in [1.54, 1.807) is 0 Å². The van der Waals surface area contributed by atoms with E-state index in [0.717, 1.165) is 41.8 Å². The maximum atomic E-state index is 15.2. The van der Waals surface area contributed by atoms with Crippen molar-refractivity contribution in [2.24, 2.45) is 11.3 Å². The second-order valence-electron chi connectivity index (χ2n) is 9.93. The normalized spacial score (nSPS) is 29.5. The molecule has 1 aliphatic heterocycles. The summed E-state index contributed by atoms with van der Waals surface area (Å²) in [7, 11) is 0. The molecule has 0 radical (unpaired) electrons. The molecule has 2 heterocycles. The van der Waals surface area contributed by atoms with Gasteiger partial charge in [-0.05, 0) is 63.1 Å². The van der Waals surface area contributed by atoms with Crippen molar-refractivity contribution in [2.45, 2.75) is 64.5 Å². The highest BCUT2D eigenvalue weighted by Crippen LogP contribution is 2.65. The molecule has 33 heavy (non-hydrogen) atoms. The molecule has 1 aromatic heterocycles. The van der Waals surface area contributed by atoms with E-state index in [4.69, 9.17) is 0 Å². The van der Waals surface area contributed by atoms with Gasteiger partial charge in [0.05, 0.1) is 18.0 Å². The Morgan fingerprint density at radius 3 is 2.48 bits per heavy atom. The molecular formula is C25H30F2N4OS. The Bertz CT molecular complexity index is 1040. The van der Waals surface area contributed by atoms with Gasteiger partial charge in [0.25, 0.3) is 5.92 Å². The van der Waals surface area contributed by atoms with Crippen molar-refractivity contribution in [2.75, 3.05) is 12.3 Å². The van der Waals surface area contributed by atoms with Crippen molar-refractivity contribution in [1.29, 1.82) is 0 Å². The number of hydrogen-bond donors (Lipinski definition) is 1. The van der Waals surface area contributed by atoms with Gasteiger partial charge in [-0.25, -0.2) is 18.7 Å². The van der Waals surface area contributed by atoms with Gasteiger partial charge in [-0.3, -0.25) is 9.52 Å². The number of amides is 1. The molecule has 1 aromatic carbocycles. The summed E-state index contributed by atoms with van der Waals surface area (Å²) in [5, 5.41) is 0. The summed E-state index contributed by atoms with van der Waals surface area (Å²) in [4.78, 5) is 24.0. The van der Waals surface area contributed by atoms with Gasteiger partial charge < -0.3 is 4.90 Å². The molecule has 3 aliphatic carbocycles. The predicted molar refractivity (Wildman–Crippen MR) is 126 cm³/mol. The third-order valence-electron chi connectivity index (χ3n) is 7.34. The van der Waals surface area contributed by atoms with Gasteiger partial charge in [-0.2, -0.15) is 0 Å². The molecule has 1 saturated heterocycles. The maximum absolute atomic E-state index is 15.2. The summed E-state index contributed by atoms with van der Waals surface area (Å²) in [6.45, 7) is 5.28. The first-order valence-electron chi connectivity index (χ1n) is 11.7. The number of nitrogens with one attached hydrogen (secondary N) is 1. The number of nitrogens with zero attached hydrogens (tertiary/aromatic N) is 3. The molecule has 2 atom stereocenters. The number of benzene rings is 1. The van der Waals surface area contributed by atoms with Gasteiger partial charge in [-0.1, -0.05) is 37.1 Å². The fourth-order valence-corrected chi connectivity index (χ4v) is 6.35. The van der Waals surface area contributed by atoms with Crippen molar-refractivity contribution in [3.63, 3.8) is 0 Å². The first-order chi connectivity index (χ1) is 15.7. The molecule has 1 amide bonds. The molecule has 0 spiro atoms. The second-order valence-corrected chi connectivity index (χ2v) is 11.0. The average Bonchev–Trinajstić information content (AvgIpc) is 2.93. The summed E-state index contributed by atoms with van der Waals surface area (Å²) in [6, 6.07) is 8.00. The largest absolute Gasteiger partial charge is 0.331 e. The van der Waals surface area contributed by atoms with E-state index < -0.39 is 24.6 Å². The van der Waals surface area contributed by atoms with E-state index in [1.807, 2.05) is 51.1 Å². The highest BCUT2D eigenvalue weighted by Gasteiger charge is 2.66. The van der Waals surface area contributed by atoms with Crippen LogP contribution in [-0.4, -0.2) is 51.1 Å². The Kier molecular flexibility index (Phi) is 5.72. The lowest BCUT2D eigenvalue weighted by molar-refractivity contribution is -0.178. The van der Waals surface area contributed by atoms with E-state index >= 15 is 8.78 Å². The SMILES string of the molecule is CCSN[C@@H]1[C@H](Cc2cccc(-c3nc(C)cc(C)n3)c2)N(C(=O)C23CC(C2)C3)CC1(F)F. The number of alkyl halides is 2. The van der Waals surface area contributed by atoms with Crippen molar-refractivity contribution in [3.8, 4) is 11.4 Å². The lowest BCUT2D eigenvalue weighted by atomic mass is 9.44. The van der Waals surface area contributed by atoms with Gasteiger partial charge in [0, 0.05) is 22.7 Å². The monoisotopic (exact) mass is 472 g/mol. The highest BCUT2D eigenvalue weighted by atomic mass is 32.2. The lowest BCUT2D eigenvalue weighted by Crippen LogP contribution is -2.62. The van der Waals surface area contributed by atoms with Gasteiger partial charge in [-0.15, -0.1) is 0 Å². The van der Waals surface area contributed by atoms with E-state index in [0.29, 0.717) is 23.9 Å². The zero-order valence-corrected chi connectivity index (χ0v) is 20.1. The topological polar surface area (TPSA) is 58.1 Å². The molecule has 6 rings (SSSR count). The molecular weight excluding hydrogens is 442 g/mol. The first kappa shape index (κ1) is 22.7. The molecule has 2 aromatic rings. The number of halogens is 2. The molecule has 8 heteroatoms. The summed E-state index contributed by atoms with van der Waals surface area (Å²) in [5.41, 5.74) is 3.15. The second kappa shape index (κ2) is 8.31. The van der Waals surface area contributed by atoms with Gasteiger partial charge in [0.1, 0.15) is 6.04 Å².